The number of carbonyl (C=O) groups excluding carboxylic acids is 2. The second kappa shape index (κ2) is 13.3. The molecule has 5 atom stereocenters. The number of halogens is 4. The van der Waals surface area contributed by atoms with Crippen LogP contribution in [0.1, 0.15) is 85.3 Å². The number of ether oxygens (including phenoxy) is 2. The highest BCUT2D eigenvalue weighted by atomic mass is 79.9. The van der Waals surface area contributed by atoms with Gasteiger partial charge in [0.05, 0.1) is 16.6 Å². The molecule has 5 unspecified atom stereocenters. The largest absolute Gasteiger partial charge is 0.444 e. The van der Waals surface area contributed by atoms with Crippen molar-refractivity contribution in [3.8, 4) is 0 Å². The summed E-state index contributed by atoms with van der Waals surface area (Å²) in [5, 5.41) is 12.9. The maximum atomic E-state index is 12.9. The molecule has 2 N–H and O–H groups in total. The highest BCUT2D eigenvalue weighted by Gasteiger charge is 2.44. The average Bonchev–Trinajstić information content (AvgIpc) is 3.48. The number of piperidine rings is 1. The summed E-state index contributed by atoms with van der Waals surface area (Å²) in [6, 6.07) is 3.20. The molecular formula is C32H45BrF3N5O6. The summed E-state index contributed by atoms with van der Waals surface area (Å²) in [5.41, 5.74) is -0.775. The van der Waals surface area contributed by atoms with E-state index in [1.807, 2.05) is 56.2 Å². The molecule has 2 aromatic rings. The third kappa shape index (κ3) is 8.27. The fourth-order valence-electron chi connectivity index (χ4n) is 6.75. The van der Waals surface area contributed by atoms with Crippen LogP contribution < -0.4 is 10.2 Å². The summed E-state index contributed by atoms with van der Waals surface area (Å²) in [5.74, 6) is 0. The number of anilines is 1. The van der Waals surface area contributed by atoms with Crippen molar-refractivity contribution in [3.05, 3.63) is 22.2 Å². The van der Waals surface area contributed by atoms with E-state index < -0.39 is 17.9 Å². The van der Waals surface area contributed by atoms with Crippen LogP contribution in [0.25, 0.3) is 11.1 Å². The number of nitrogens with one attached hydrogen (secondary N) is 1. The Kier molecular flexibility index (Phi) is 10.0. The van der Waals surface area contributed by atoms with Gasteiger partial charge in [-0.05, 0) is 107 Å². The van der Waals surface area contributed by atoms with Gasteiger partial charge in [-0.2, -0.15) is 18.2 Å². The van der Waals surface area contributed by atoms with Gasteiger partial charge in [-0.25, -0.2) is 9.59 Å². The minimum absolute atomic E-state index is 0.0709. The molecule has 4 aliphatic rings. The Bertz CT molecular complexity index is 1430. The van der Waals surface area contributed by atoms with Gasteiger partial charge in [0.2, 0.25) is 0 Å². The summed E-state index contributed by atoms with van der Waals surface area (Å²) < 4.78 is 56.0. The number of aliphatic hydroxyl groups is 1. The summed E-state index contributed by atoms with van der Waals surface area (Å²) in [6.07, 6.45) is -3.02. The second-order valence-electron chi connectivity index (χ2n) is 14.8. The van der Waals surface area contributed by atoms with Crippen molar-refractivity contribution in [2.24, 2.45) is 0 Å². The quantitative estimate of drug-likeness (QED) is 0.356. The van der Waals surface area contributed by atoms with Crippen molar-refractivity contribution in [1.82, 2.24) is 20.1 Å². The number of piperazine rings is 2. The van der Waals surface area contributed by atoms with Crippen LogP contribution in [0.15, 0.2) is 21.0 Å². The van der Waals surface area contributed by atoms with Crippen molar-refractivity contribution in [3.63, 3.8) is 0 Å². The molecule has 4 saturated heterocycles. The number of fused-ring (bicyclic) bond motifs is 5. The van der Waals surface area contributed by atoms with Gasteiger partial charge in [0.25, 0.3) is 6.01 Å². The summed E-state index contributed by atoms with van der Waals surface area (Å²) >= 11 is 3.23. The number of hydrogen-bond acceptors (Lipinski definition) is 9. The number of aliphatic hydroxyl groups excluding tert-OH is 1. The van der Waals surface area contributed by atoms with E-state index in [1.54, 1.807) is 0 Å². The molecule has 262 valence electrons. The Morgan fingerprint density at radius 2 is 1.43 bits per heavy atom. The number of rotatable bonds is 2. The van der Waals surface area contributed by atoms with Crippen molar-refractivity contribution >= 4 is 45.2 Å². The van der Waals surface area contributed by atoms with Crippen molar-refractivity contribution in [2.75, 3.05) is 31.1 Å². The second-order valence-corrected chi connectivity index (χ2v) is 15.6. The van der Waals surface area contributed by atoms with E-state index in [9.17, 15) is 27.9 Å². The summed E-state index contributed by atoms with van der Waals surface area (Å²) in [7, 11) is 0. The zero-order valence-electron chi connectivity index (χ0n) is 27.7. The maximum Gasteiger partial charge on any atom is 0.418 e. The maximum absolute atomic E-state index is 12.9. The van der Waals surface area contributed by atoms with Crippen LogP contribution in [-0.2, 0) is 9.47 Å². The van der Waals surface area contributed by atoms with Gasteiger partial charge in [-0.3, -0.25) is 9.80 Å². The van der Waals surface area contributed by atoms with Crippen molar-refractivity contribution in [2.45, 2.75) is 121 Å². The molecule has 0 spiro atoms. The molecule has 47 heavy (non-hydrogen) atoms. The molecule has 4 aliphatic heterocycles. The van der Waals surface area contributed by atoms with Gasteiger partial charge in [0, 0.05) is 38.3 Å². The number of oxazole rings is 1. The van der Waals surface area contributed by atoms with E-state index in [0.29, 0.717) is 30.8 Å². The van der Waals surface area contributed by atoms with Gasteiger partial charge in [-0.1, -0.05) is 0 Å². The number of carbonyl (C=O) groups is 2. The van der Waals surface area contributed by atoms with Crippen molar-refractivity contribution < 1.29 is 41.8 Å². The van der Waals surface area contributed by atoms with E-state index >= 15 is 0 Å². The topological polar surface area (TPSA) is 121 Å². The zero-order chi connectivity index (χ0) is 34.5. The molecule has 0 radical (unpaired) electrons. The van der Waals surface area contributed by atoms with E-state index in [-0.39, 0.29) is 51.4 Å². The molecule has 1 aromatic carbocycles. The summed E-state index contributed by atoms with van der Waals surface area (Å²) in [4.78, 5) is 34.8. The molecular weight excluding hydrogens is 687 g/mol. The minimum Gasteiger partial charge on any atom is -0.444 e. The molecule has 6 rings (SSSR count). The van der Waals surface area contributed by atoms with Crippen molar-refractivity contribution in [1.29, 1.82) is 0 Å². The molecule has 2 amide bonds. The van der Waals surface area contributed by atoms with Crippen LogP contribution in [0, 0.1) is 0 Å². The molecule has 0 saturated carbocycles. The zero-order valence-corrected chi connectivity index (χ0v) is 29.3. The Morgan fingerprint density at radius 3 is 1.91 bits per heavy atom. The number of aromatic nitrogens is 1. The van der Waals surface area contributed by atoms with Crippen LogP contribution in [0.4, 0.5) is 28.8 Å². The van der Waals surface area contributed by atoms with Crippen LogP contribution in [0.3, 0.4) is 0 Å². The van der Waals surface area contributed by atoms with E-state index in [1.165, 1.54) is 12.1 Å². The molecule has 11 nitrogen and oxygen atoms in total. The molecule has 5 heterocycles. The summed E-state index contributed by atoms with van der Waals surface area (Å²) in [6.45, 7) is 14.0. The highest BCUT2D eigenvalue weighted by Crippen LogP contribution is 2.39. The monoisotopic (exact) mass is 731 g/mol. The normalized spacial score (nSPS) is 25.3. The first-order valence-electron chi connectivity index (χ1n) is 16.1. The highest BCUT2D eigenvalue weighted by molar-refractivity contribution is 9.10. The third-order valence-corrected chi connectivity index (χ3v) is 9.25. The predicted octanol–water partition coefficient (Wildman–Crippen LogP) is 6.52. The Hall–Kier alpha value is -2.78. The number of benzene rings is 1. The first-order valence-corrected chi connectivity index (χ1v) is 16.9. The molecule has 4 fully saturated rings. The van der Waals surface area contributed by atoms with E-state index in [2.05, 4.69) is 26.2 Å². The SMILES string of the molecule is CC(C)(C)OC(=O)N1C2CCC1CNC2.CC(C)(C)OC(=O)N1C2CCCC1CN(c1nc3cc(C(O)C(F)(F)F)cc(Br)c3o1)C2. The predicted molar refractivity (Wildman–Crippen MR) is 172 cm³/mol. The average molecular weight is 733 g/mol. The van der Waals surface area contributed by atoms with E-state index in [4.69, 9.17) is 13.9 Å². The number of alkyl halides is 3. The standard InChI is InChI=1S/C21H25BrF3N3O4.C11H20N2O2/c1-20(2,3)32-19(30)28-12-5-4-6-13(28)10-27(9-12)18-26-15-8-11(17(29)21(23,24)25)7-14(22)16(15)31-18;1-11(2,3)15-10(14)13-8-4-5-9(13)7-12-6-8/h7-8,12-13,17,29H,4-6,9-10H2,1-3H3;8-9,12H,4-7H2,1-3H3. The Balaban J connectivity index is 0.000000241. The lowest BCUT2D eigenvalue weighted by Crippen LogP contribution is -2.63. The minimum atomic E-state index is -4.78. The smallest absolute Gasteiger partial charge is 0.418 e. The first kappa shape index (κ1) is 35.5. The number of hydrogen-bond donors (Lipinski definition) is 2. The molecule has 0 aliphatic carbocycles. The van der Waals surface area contributed by atoms with E-state index in [0.717, 1.165) is 45.2 Å². The first-order chi connectivity index (χ1) is 21.8. The Morgan fingerprint density at radius 1 is 0.915 bits per heavy atom. The fraction of sp³-hybridized carbons (Fsp3) is 0.719. The third-order valence-electron chi connectivity index (χ3n) is 8.66. The Labute approximate surface area is 281 Å². The van der Waals surface area contributed by atoms with Crippen LogP contribution in [-0.4, -0.2) is 99.8 Å². The van der Waals surface area contributed by atoms with Crippen LogP contribution in [0.2, 0.25) is 0 Å². The number of amides is 2. The van der Waals surface area contributed by atoms with Crippen LogP contribution in [0.5, 0.6) is 0 Å². The van der Waals surface area contributed by atoms with Gasteiger partial charge < -0.3 is 29.2 Å². The van der Waals surface area contributed by atoms with Gasteiger partial charge in [-0.15, -0.1) is 0 Å². The van der Waals surface area contributed by atoms with Crippen LogP contribution >= 0.6 is 15.9 Å². The molecule has 15 heteroatoms. The van der Waals surface area contributed by atoms with Gasteiger partial charge >= 0.3 is 18.4 Å². The lowest BCUT2D eigenvalue weighted by molar-refractivity contribution is -0.206. The lowest BCUT2D eigenvalue weighted by atomic mass is 9.92. The van der Waals surface area contributed by atoms with Gasteiger partial charge in [0.1, 0.15) is 16.7 Å². The number of nitrogens with zero attached hydrogens (tertiary/aromatic N) is 4. The van der Waals surface area contributed by atoms with Gasteiger partial charge in [0.15, 0.2) is 11.7 Å². The lowest BCUT2D eigenvalue weighted by Gasteiger charge is -2.49. The fourth-order valence-corrected chi connectivity index (χ4v) is 7.30. The molecule has 1 aromatic heterocycles. The molecule has 4 bridgehead atoms.